The molecule has 5 nitrogen and oxygen atoms in total. The highest BCUT2D eigenvalue weighted by atomic mass is 35.5. The summed E-state index contributed by atoms with van der Waals surface area (Å²) in [5.41, 5.74) is 6.00. The number of carbonyl (C=O) groups is 1. The summed E-state index contributed by atoms with van der Waals surface area (Å²) in [5, 5.41) is 2.93. The Bertz CT molecular complexity index is 444. The fraction of sp³-hybridized carbons (Fsp3) is 0.688. The van der Waals surface area contributed by atoms with Crippen molar-refractivity contribution in [3.63, 3.8) is 0 Å². The number of rotatable bonds is 8. The summed E-state index contributed by atoms with van der Waals surface area (Å²) < 4.78 is 11.0. The molecule has 0 aromatic carbocycles. The van der Waals surface area contributed by atoms with Gasteiger partial charge in [-0.2, -0.15) is 0 Å². The molecular weight excluding hydrogens is 304 g/mol. The zero-order valence-corrected chi connectivity index (χ0v) is 14.0. The minimum atomic E-state index is -0.111. The van der Waals surface area contributed by atoms with E-state index in [9.17, 15) is 4.79 Å². The highest BCUT2D eigenvalue weighted by molar-refractivity contribution is 5.93. The Morgan fingerprint density at radius 2 is 2.23 bits per heavy atom. The van der Waals surface area contributed by atoms with Gasteiger partial charge < -0.3 is 20.2 Å². The average Bonchev–Trinajstić information content (AvgIpc) is 3.17. The third-order valence-corrected chi connectivity index (χ3v) is 4.14. The van der Waals surface area contributed by atoms with Gasteiger partial charge in [-0.15, -0.1) is 12.4 Å². The molecule has 1 amide bonds. The fourth-order valence-electron chi connectivity index (χ4n) is 3.04. The first-order valence-electron chi connectivity index (χ1n) is 7.91. The van der Waals surface area contributed by atoms with Crippen LogP contribution in [0.3, 0.4) is 0 Å². The van der Waals surface area contributed by atoms with Gasteiger partial charge in [0, 0.05) is 13.2 Å². The molecule has 1 saturated carbocycles. The monoisotopic (exact) mass is 330 g/mol. The lowest BCUT2D eigenvalue weighted by Crippen LogP contribution is -2.30. The zero-order valence-electron chi connectivity index (χ0n) is 13.2. The van der Waals surface area contributed by atoms with Gasteiger partial charge in [-0.05, 0) is 38.2 Å². The van der Waals surface area contributed by atoms with Crippen LogP contribution in [0, 0.1) is 5.92 Å². The van der Waals surface area contributed by atoms with Crippen LogP contribution in [0.4, 0.5) is 0 Å². The van der Waals surface area contributed by atoms with Gasteiger partial charge in [0.2, 0.25) is 0 Å². The largest absolute Gasteiger partial charge is 0.467 e. The van der Waals surface area contributed by atoms with Crippen LogP contribution in [0.2, 0.25) is 0 Å². The van der Waals surface area contributed by atoms with Crippen LogP contribution in [-0.2, 0) is 11.3 Å². The molecule has 1 aliphatic rings. The number of amides is 1. The maximum atomic E-state index is 12.0. The first-order valence-corrected chi connectivity index (χ1v) is 7.91. The van der Waals surface area contributed by atoms with Crippen molar-refractivity contribution in [2.24, 2.45) is 11.7 Å². The van der Waals surface area contributed by atoms with E-state index in [-0.39, 0.29) is 24.4 Å². The molecule has 126 valence electrons. The summed E-state index contributed by atoms with van der Waals surface area (Å²) in [6.07, 6.45) is 7.69. The molecule has 0 spiro atoms. The van der Waals surface area contributed by atoms with Crippen molar-refractivity contribution in [3.8, 4) is 0 Å². The van der Waals surface area contributed by atoms with Crippen molar-refractivity contribution in [2.45, 2.75) is 51.7 Å². The van der Waals surface area contributed by atoms with E-state index in [1.165, 1.54) is 31.9 Å². The molecule has 0 aliphatic heterocycles. The highest BCUT2D eigenvalue weighted by Crippen LogP contribution is 2.30. The maximum Gasteiger partial charge on any atom is 0.254 e. The number of furan rings is 1. The first kappa shape index (κ1) is 19.0. The van der Waals surface area contributed by atoms with E-state index in [0.29, 0.717) is 30.3 Å². The molecule has 1 fully saturated rings. The normalized spacial score (nSPS) is 16.3. The van der Waals surface area contributed by atoms with Gasteiger partial charge in [0.05, 0.1) is 18.2 Å². The summed E-state index contributed by atoms with van der Waals surface area (Å²) in [5.74, 6) is 1.16. The van der Waals surface area contributed by atoms with Crippen LogP contribution in [0.1, 0.15) is 55.1 Å². The number of halogens is 1. The standard InChI is InChI=1S/C16H26N2O3.ClH/c1-2-20-15(12-5-3-4-6-12)7-8-18-16(19)13-9-14(10-17)21-11-13;/h9,11-12,15H,2-8,10,17H2,1H3,(H,18,19);1H. The molecule has 22 heavy (non-hydrogen) atoms. The van der Waals surface area contributed by atoms with Gasteiger partial charge in [-0.1, -0.05) is 12.8 Å². The van der Waals surface area contributed by atoms with E-state index >= 15 is 0 Å². The van der Waals surface area contributed by atoms with Crippen molar-refractivity contribution in [1.82, 2.24) is 5.32 Å². The third-order valence-electron chi connectivity index (χ3n) is 4.14. The van der Waals surface area contributed by atoms with E-state index in [1.54, 1.807) is 6.07 Å². The maximum absolute atomic E-state index is 12.0. The summed E-state index contributed by atoms with van der Waals surface area (Å²) >= 11 is 0. The Morgan fingerprint density at radius 3 is 2.82 bits per heavy atom. The number of nitrogens with two attached hydrogens (primary N) is 1. The summed E-state index contributed by atoms with van der Waals surface area (Å²) in [7, 11) is 0. The SMILES string of the molecule is CCOC(CCNC(=O)c1coc(CN)c1)C1CCCC1.Cl. The summed E-state index contributed by atoms with van der Waals surface area (Å²) in [6.45, 7) is 3.70. The molecule has 1 atom stereocenters. The quantitative estimate of drug-likeness (QED) is 0.768. The van der Waals surface area contributed by atoms with E-state index in [2.05, 4.69) is 5.32 Å². The molecule has 1 aromatic rings. The van der Waals surface area contributed by atoms with Crippen molar-refractivity contribution >= 4 is 18.3 Å². The molecule has 0 saturated heterocycles. The van der Waals surface area contributed by atoms with Crippen LogP contribution in [0.15, 0.2) is 16.7 Å². The van der Waals surface area contributed by atoms with Crippen molar-refractivity contribution in [2.75, 3.05) is 13.2 Å². The van der Waals surface area contributed by atoms with E-state index in [0.717, 1.165) is 13.0 Å². The van der Waals surface area contributed by atoms with Crippen LogP contribution in [-0.4, -0.2) is 25.2 Å². The second kappa shape index (κ2) is 9.87. The lowest BCUT2D eigenvalue weighted by molar-refractivity contribution is 0.0163. The first-order chi connectivity index (χ1) is 10.2. The number of nitrogens with one attached hydrogen (secondary N) is 1. The van der Waals surface area contributed by atoms with Crippen LogP contribution in [0.5, 0.6) is 0 Å². The lowest BCUT2D eigenvalue weighted by atomic mass is 9.98. The Kier molecular flexibility index (Phi) is 8.53. The van der Waals surface area contributed by atoms with Gasteiger partial charge in [0.1, 0.15) is 12.0 Å². The predicted molar refractivity (Wildman–Crippen MR) is 88.2 cm³/mol. The molecule has 6 heteroatoms. The summed E-state index contributed by atoms with van der Waals surface area (Å²) in [4.78, 5) is 12.0. The Balaban J connectivity index is 0.00000242. The Hall–Kier alpha value is -1.04. The van der Waals surface area contributed by atoms with E-state index < -0.39 is 0 Å². The van der Waals surface area contributed by atoms with Gasteiger partial charge >= 0.3 is 0 Å². The zero-order chi connectivity index (χ0) is 15.1. The van der Waals surface area contributed by atoms with E-state index in [1.807, 2.05) is 6.92 Å². The molecule has 0 radical (unpaired) electrons. The number of hydrogen-bond donors (Lipinski definition) is 2. The molecule has 1 heterocycles. The molecule has 3 N–H and O–H groups in total. The van der Waals surface area contributed by atoms with Crippen molar-refractivity contribution in [1.29, 1.82) is 0 Å². The number of ether oxygens (including phenoxy) is 1. The van der Waals surface area contributed by atoms with Crippen LogP contribution in [0.25, 0.3) is 0 Å². The van der Waals surface area contributed by atoms with Crippen LogP contribution >= 0.6 is 12.4 Å². The second-order valence-corrected chi connectivity index (χ2v) is 5.59. The Morgan fingerprint density at radius 1 is 1.50 bits per heavy atom. The highest BCUT2D eigenvalue weighted by Gasteiger charge is 2.25. The molecule has 1 aromatic heterocycles. The summed E-state index contributed by atoms with van der Waals surface area (Å²) in [6, 6.07) is 1.69. The Labute approximate surface area is 138 Å². The minimum Gasteiger partial charge on any atom is -0.467 e. The third kappa shape index (κ3) is 5.30. The predicted octanol–water partition coefficient (Wildman–Crippen LogP) is 2.88. The average molecular weight is 331 g/mol. The topological polar surface area (TPSA) is 77.5 Å². The fourth-order valence-corrected chi connectivity index (χ4v) is 3.04. The molecule has 0 bridgehead atoms. The molecular formula is C16H27ClN2O3. The van der Waals surface area contributed by atoms with Gasteiger partial charge in [0.25, 0.3) is 5.91 Å². The number of hydrogen-bond acceptors (Lipinski definition) is 4. The number of carbonyl (C=O) groups excluding carboxylic acids is 1. The second-order valence-electron chi connectivity index (χ2n) is 5.59. The van der Waals surface area contributed by atoms with Gasteiger partial charge in [-0.25, -0.2) is 0 Å². The molecule has 1 unspecified atom stereocenters. The van der Waals surface area contributed by atoms with Crippen LogP contribution < -0.4 is 11.1 Å². The smallest absolute Gasteiger partial charge is 0.254 e. The van der Waals surface area contributed by atoms with Crippen molar-refractivity contribution < 1.29 is 13.9 Å². The minimum absolute atomic E-state index is 0. The van der Waals surface area contributed by atoms with Gasteiger partial charge in [0.15, 0.2) is 0 Å². The lowest BCUT2D eigenvalue weighted by Gasteiger charge is -2.23. The van der Waals surface area contributed by atoms with Gasteiger partial charge in [-0.3, -0.25) is 4.79 Å². The van der Waals surface area contributed by atoms with Crippen molar-refractivity contribution in [3.05, 3.63) is 23.7 Å². The molecule has 1 aliphatic carbocycles. The molecule has 2 rings (SSSR count). The van der Waals surface area contributed by atoms with E-state index in [4.69, 9.17) is 14.9 Å².